The van der Waals surface area contributed by atoms with Gasteiger partial charge in [0.2, 0.25) is 0 Å². The molecule has 2 aromatic carbocycles. The predicted octanol–water partition coefficient (Wildman–Crippen LogP) is 6.21. The van der Waals surface area contributed by atoms with Gasteiger partial charge in [-0.3, -0.25) is 0 Å². The lowest BCUT2D eigenvalue weighted by molar-refractivity contribution is 0.585. The van der Waals surface area contributed by atoms with Crippen LogP contribution < -0.4 is 0 Å². The summed E-state index contributed by atoms with van der Waals surface area (Å²) in [5.74, 6) is 1.80. The molecule has 0 aliphatic carbocycles. The number of nitrogens with one attached hydrogen (secondary N) is 1. The molecule has 0 spiro atoms. The highest BCUT2D eigenvalue weighted by atomic mass is 14.9. The molecule has 1 N–H and O–H groups in total. The van der Waals surface area contributed by atoms with Crippen molar-refractivity contribution in [1.29, 1.82) is 0 Å². The van der Waals surface area contributed by atoms with Crippen molar-refractivity contribution in [2.75, 3.05) is 0 Å². The molecule has 0 aliphatic rings. The number of nitrogens with zero attached hydrogens (tertiary/aromatic N) is 1. The van der Waals surface area contributed by atoms with E-state index in [2.05, 4.69) is 80.4 Å². The summed E-state index contributed by atoms with van der Waals surface area (Å²) in [6, 6.07) is 19.3. The van der Waals surface area contributed by atoms with E-state index < -0.39 is 0 Å². The summed E-state index contributed by atoms with van der Waals surface area (Å²) < 4.78 is 0. The van der Waals surface area contributed by atoms with E-state index in [1.54, 1.807) is 0 Å². The van der Waals surface area contributed by atoms with Gasteiger partial charge in [-0.15, -0.1) is 0 Å². The average molecular weight is 347 g/mol. The van der Waals surface area contributed by atoms with Crippen LogP contribution in [0.3, 0.4) is 0 Å². The number of rotatable bonds is 8. The molecule has 2 nitrogen and oxygen atoms in total. The van der Waals surface area contributed by atoms with Gasteiger partial charge in [-0.25, -0.2) is 4.98 Å². The molecule has 136 valence electrons. The first kappa shape index (κ1) is 18.4. The van der Waals surface area contributed by atoms with Crippen LogP contribution in [0.4, 0.5) is 0 Å². The Labute approximate surface area is 157 Å². The van der Waals surface area contributed by atoms with Gasteiger partial charge in [-0.1, -0.05) is 81.8 Å². The second kappa shape index (κ2) is 8.84. The molecule has 3 aromatic rings. The van der Waals surface area contributed by atoms with E-state index in [4.69, 9.17) is 4.98 Å². The highest BCUT2D eigenvalue weighted by Crippen LogP contribution is 2.24. The molecule has 0 bridgehead atoms. The summed E-state index contributed by atoms with van der Waals surface area (Å²) in [7, 11) is 0. The minimum atomic E-state index is 0.729. The molecule has 0 aliphatic heterocycles. The lowest BCUT2D eigenvalue weighted by atomic mass is 9.97. The highest BCUT2D eigenvalue weighted by molar-refractivity contribution is 5.62. The van der Waals surface area contributed by atoms with Gasteiger partial charge < -0.3 is 4.98 Å². The van der Waals surface area contributed by atoms with Gasteiger partial charge >= 0.3 is 0 Å². The van der Waals surface area contributed by atoms with Crippen LogP contribution in [-0.2, 0) is 19.3 Å². The number of hydrogen-bond donors (Lipinski definition) is 1. The van der Waals surface area contributed by atoms with Gasteiger partial charge in [-0.2, -0.15) is 0 Å². The number of aryl methyl sites for hydroxylation is 2. The van der Waals surface area contributed by atoms with Crippen molar-refractivity contribution in [2.45, 2.75) is 52.9 Å². The maximum Gasteiger partial charge on any atom is 0.111 e. The number of hydrogen-bond acceptors (Lipinski definition) is 1. The normalized spacial score (nSPS) is 11.2. The Morgan fingerprint density at radius 3 is 2.27 bits per heavy atom. The summed E-state index contributed by atoms with van der Waals surface area (Å²) >= 11 is 0. The number of H-pyrrole nitrogens is 1. The van der Waals surface area contributed by atoms with Crippen LogP contribution in [0.15, 0.2) is 54.6 Å². The van der Waals surface area contributed by atoms with Crippen LogP contribution in [0.1, 0.15) is 56.3 Å². The van der Waals surface area contributed by atoms with Crippen molar-refractivity contribution < 1.29 is 0 Å². The number of aromatic nitrogens is 2. The Balaban J connectivity index is 1.87. The smallest absolute Gasteiger partial charge is 0.111 e. The molecule has 0 unspecified atom stereocenters. The number of benzene rings is 2. The Bertz CT molecular complexity index is 815. The molecular weight excluding hydrogens is 316 g/mol. The Hall–Kier alpha value is -2.35. The summed E-state index contributed by atoms with van der Waals surface area (Å²) in [5.41, 5.74) is 6.42. The quantitative estimate of drug-likeness (QED) is 0.516. The van der Waals surface area contributed by atoms with Crippen LogP contribution in [0.5, 0.6) is 0 Å². The van der Waals surface area contributed by atoms with E-state index in [1.165, 1.54) is 28.8 Å². The van der Waals surface area contributed by atoms with E-state index in [0.717, 1.165) is 43.1 Å². The third kappa shape index (κ3) is 4.63. The van der Waals surface area contributed by atoms with Gasteiger partial charge in [0.05, 0.1) is 5.69 Å². The SMILES string of the molecule is CCCc1[nH]c(Cc2ccccc2CCC(C)C)nc1-c1ccccc1. The molecule has 26 heavy (non-hydrogen) atoms. The fourth-order valence-corrected chi connectivity index (χ4v) is 3.41. The molecule has 0 amide bonds. The third-order valence-electron chi connectivity index (χ3n) is 4.84. The molecule has 3 rings (SSSR count). The average Bonchev–Trinajstić information content (AvgIpc) is 3.04. The minimum Gasteiger partial charge on any atom is -0.345 e. The fraction of sp³-hybridized carbons (Fsp3) is 0.375. The van der Waals surface area contributed by atoms with Gasteiger partial charge in [0, 0.05) is 17.7 Å². The van der Waals surface area contributed by atoms with Crippen molar-refractivity contribution >= 4 is 0 Å². The zero-order valence-corrected chi connectivity index (χ0v) is 16.3. The van der Waals surface area contributed by atoms with Crippen LogP contribution in [0.25, 0.3) is 11.3 Å². The van der Waals surface area contributed by atoms with Gasteiger partial charge in [0.25, 0.3) is 0 Å². The van der Waals surface area contributed by atoms with E-state index >= 15 is 0 Å². The highest BCUT2D eigenvalue weighted by Gasteiger charge is 2.13. The number of imidazole rings is 1. The molecule has 0 saturated carbocycles. The summed E-state index contributed by atoms with van der Waals surface area (Å²) in [4.78, 5) is 8.59. The van der Waals surface area contributed by atoms with E-state index in [1.807, 2.05) is 0 Å². The molecule has 0 radical (unpaired) electrons. The van der Waals surface area contributed by atoms with Gasteiger partial charge in [0.15, 0.2) is 0 Å². The van der Waals surface area contributed by atoms with Crippen LogP contribution >= 0.6 is 0 Å². The lowest BCUT2D eigenvalue weighted by Gasteiger charge is -2.10. The summed E-state index contributed by atoms with van der Waals surface area (Å²) in [6.45, 7) is 6.80. The maximum atomic E-state index is 4.98. The second-order valence-corrected chi connectivity index (χ2v) is 7.50. The van der Waals surface area contributed by atoms with Crippen LogP contribution in [0, 0.1) is 5.92 Å². The summed E-state index contributed by atoms with van der Waals surface area (Å²) in [6.07, 6.45) is 5.39. The largest absolute Gasteiger partial charge is 0.345 e. The first-order valence-electron chi connectivity index (χ1n) is 9.87. The molecular formula is C24H30N2. The summed E-state index contributed by atoms with van der Waals surface area (Å²) in [5, 5.41) is 0. The molecule has 0 atom stereocenters. The van der Waals surface area contributed by atoms with Crippen LogP contribution in [-0.4, -0.2) is 9.97 Å². The first-order valence-corrected chi connectivity index (χ1v) is 9.87. The Morgan fingerprint density at radius 2 is 1.58 bits per heavy atom. The molecule has 1 aromatic heterocycles. The van der Waals surface area contributed by atoms with Crippen molar-refractivity contribution in [2.24, 2.45) is 5.92 Å². The fourth-order valence-electron chi connectivity index (χ4n) is 3.41. The van der Waals surface area contributed by atoms with Crippen molar-refractivity contribution in [3.8, 4) is 11.3 Å². The van der Waals surface area contributed by atoms with Gasteiger partial charge in [0.1, 0.15) is 5.82 Å². The zero-order chi connectivity index (χ0) is 18.4. The third-order valence-corrected chi connectivity index (χ3v) is 4.84. The molecule has 0 fully saturated rings. The predicted molar refractivity (Wildman–Crippen MR) is 110 cm³/mol. The van der Waals surface area contributed by atoms with E-state index in [9.17, 15) is 0 Å². The number of aromatic amines is 1. The Kier molecular flexibility index (Phi) is 6.27. The van der Waals surface area contributed by atoms with Crippen molar-refractivity contribution in [1.82, 2.24) is 9.97 Å². The monoisotopic (exact) mass is 346 g/mol. The standard InChI is InChI=1S/C24H30N2/c1-4-10-22-24(20-12-6-5-7-13-20)26-23(25-22)17-21-14-9-8-11-19(21)16-15-18(2)3/h5-9,11-14,18H,4,10,15-17H2,1-3H3,(H,25,26). The lowest BCUT2D eigenvalue weighted by Crippen LogP contribution is -1.99. The molecule has 0 saturated heterocycles. The first-order chi connectivity index (χ1) is 12.7. The maximum absolute atomic E-state index is 4.98. The van der Waals surface area contributed by atoms with Crippen molar-refractivity contribution in [3.63, 3.8) is 0 Å². The van der Waals surface area contributed by atoms with E-state index in [-0.39, 0.29) is 0 Å². The van der Waals surface area contributed by atoms with Crippen molar-refractivity contribution in [3.05, 3.63) is 77.2 Å². The second-order valence-electron chi connectivity index (χ2n) is 7.50. The topological polar surface area (TPSA) is 28.7 Å². The van der Waals surface area contributed by atoms with Gasteiger partial charge in [-0.05, 0) is 36.3 Å². The molecule has 1 heterocycles. The Morgan fingerprint density at radius 1 is 0.885 bits per heavy atom. The van der Waals surface area contributed by atoms with E-state index in [0.29, 0.717) is 0 Å². The zero-order valence-electron chi connectivity index (χ0n) is 16.3. The van der Waals surface area contributed by atoms with Crippen LogP contribution in [0.2, 0.25) is 0 Å². The molecule has 2 heteroatoms. The minimum absolute atomic E-state index is 0.729.